The Labute approximate surface area is 93.2 Å². The number of halogens is 1. The number of hydrogen-bond acceptors (Lipinski definition) is 2. The van der Waals surface area contributed by atoms with Gasteiger partial charge in [-0.1, -0.05) is 15.9 Å². The van der Waals surface area contributed by atoms with Gasteiger partial charge in [-0.25, -0.2) is 0 Å². The van der Waals surface area contributed by atoms with Gasteiger partial charge < -0.3 is 9.40 Å². The molecule has 0 aliphatic carbocycles. The molecule has 2 aromatic heterocycles. The number of benzene rings is 1. The zero-order valence-corrected chi connectivity index (χ0v) is 9.17. The third kappa shape index (κ3) is 1.22. The molecule has 3 nitrogen and oxygen atoms in total. The quantitative estimate of drug-likeness (QED) is 0.684. The number of carbonyl (C=O) groups is 1. The molecule has 74 valence electrons. The molecule has 0 atom stereocenters. The number of aromatic nitrogens is 1. The van der Waals surface area contributed by atoms with Crippen molar-refractivity contribution in [2.45, 2.75) is 0 Å². The number of rotatable bonds is 1. The monoisotopic (exact) mass is 263 g/mol. The molecule has 0 unspecified atom stereocenters. The molecule has 0 bridgehead atoms. The van der Waals surface area contributed by atoms with Crippen LogP contribution in [0.1, 0.15) is 10.5 Å². The van der Waals surface area contributed by atoms with Crippen molar-refractivity contribution in [1.29, 1.82) is 0 Å². The van der Waals surface area contributed by atoms with Crippen molar-refractivity contribution >= 4 is 44.3 Å². The summed E-state index contributed by atoms with van der Waals surface area (Å²) in [7, 11) is 0. The Bertz CT molecular complexity index is 666. The lowest BCUT2D eigenvalue weighted by Gasteiger charge is -1.89. The lowest BCUT2D eigenvalue weighted by Crippen LogP contribution is -1.74. The van der Waals surface area contributed by atoms with Crippen LogP contribution in [-0.4, -0.2) is 11.3 Å². The van der Waals surface area contributed by atoms with E-state index in [0.717, 1.165) is 27.1 Å². The van der Waals surface area contributed by atoms with Crippen LogP contribution in [0.3, 0.4) is 0 Å². The van der Waals surface area contributed by atoms with Gasteiger partial charge >= 0.3 is 0 Å². The summed E-state index contributed by atoms with van der Waals surface area (Å²) >= 11 is 3.38. The highest BCUT2D eigenvalue weighted by Gasteiger charge is 2.09. The fourth-order valence-electron chi connectivity index (χ4n) is 1.71. The molecule has 0 aliphatic rings. The van der Waals surface area contributed by atoms with Crippen LogP contribution < -0.4 is 0 Å². The fourth-order valence-corrected chi connectivity index (χ4v) is 2.05. The number of aromatic amines is 1. The average molecular weight is 264 g/mol. The minimum atomic E-state index is 0.536. The van der Waals surface area contributed by atoms with Gasteiger partial charge in [-0.2, -0.15) is 0 Å². The van der Waals surface area contributed by atoms with Crippen molar-refractivity contribution in [3.05, 3.63) is 34.4 Å². The van der Waals surface area contributed by atoms with E-state index in [9.17, 15) is 4.79 Å². The number of hydrogen-bond donors (Lipinski definition) is 1. The second-order valence-corrected chi connectivity index (χ2v) is 4.24. The first-order valence-electron chi connectivity index (χ1n) is 4.44. The maximum atomic E-state index is 10.6. The number of furan rings is 1. The second-order valence-electron chi connectivity index (χ2n) is 3.33. The van der Waals surface area contributed by atoms with E-state index < -0.39 is 0 Å². The number of nitrogens with one attached hydrogen (secondary N) is 1. The Kier molecular flexibility index (Phi) is 1.73. The van der Waals surface area contributed by atoms with Crippen molar-refractivity contribution in [3.63, 3.8) is 0 Å². The standard InChI is InChI=1S/C11H6BrNO2/c12-6-1-2-8-9-4-7(5-14)13-11(9)15-10(8)3-6/h1-5,13H. The van der Waals surface area contributed by atoms with Crippen LogP contribution in [0.5, 0.6) is 0 Å². The van der Waals surface area contributed by atoms with Crippen LogP contribution in [0.4, 0.5) is 0 Å². The lowest BCUT2D eigenvalue weighted by atomic mass is 10.2. The summed E-state index contributed by atoms with van der Waals surface area (Å²) in [4.78, 5) is 13.5. The van der Waals surface area contributed by atoms with Crippen molar-refractivity contribution < 1.29 is 9.21 Å². The zero-order chi connectivity index (χ0) is 10.4. The summed E-state index contributed by atoms with van der Waals surface area (Å²) in [5.74, 6) is 0. The van der Waals surface area contributed by atoms with Gasteiger partial charge in [0.05, 0.1) is 5.69 Å². The molecule has 4 heteroatoms. The number of H-pyrrole nitrogens is 1. The molecule has 1 aromatic carbocycles. The molecule has 3 rings (SSSR count). The highest BCUT2D eigenvalue weighted by molar-refractivity contribution is 9.10. The summed E-state index contributed by atoms with van der Waals surface area (Å²) < 4.78 is 6.55. The van der Waals surface area contributed by atoms with E-state index in [-0.39, 0.29) is 0 Å². The molecule has 0 spiro atoms. The van der Waals surface area contributed by atoms with Crippen molar-refractivity contribution in [2.75, 3.05) is 0 Å². The fraction of sp³-hybridized carbons (Fsp3) is 0. The molecule has 15 heavy (non-hydrogen) atoms. The van der Waals surface area contributed by atoms with E-state index in [1.54, 1.807) is 6.07 Å². The van der Waals surface area contributed by atoms with E-state index in [1.807, 2.05) is 18.2 Å². The van der Waals surface area contributed by atoms with Gasteiger partial charge in [0.1, 0.15) is 5.58 Å². The van der Waals surface area contributed by atoms with Gasteiger partial charge in [0.15, 0.2) is 6.29 Å². The molecule has 1 N–H and O–H groups in total. The summed E-state index contributed by atoms with van der Waals surface area (Å²) in [5, 5.41) is 1.96. The normalized spacial score (nSPS) is 11.3. The van der Waals surface area contributed by atoms with Gasteiger partial charge in [-0.05, 0) is 24.3 Å². The largest absolute Gasteiger partial charge is 0.440 e. The summed E-state index contributed by atoms with van der Waals surface area (Å²) in [6.07, 6.45) is 0.778. The molecule has 0 aliphatic heterocycles. The predicted octanol–water partition coefficient (Wildman–Crippen LogP) is 3.49. The third-order valence-electron chi connectivity index (χ3n) is 2.38. The van der Waals surface area contributed by atoms with Crippen LogP contribution >= 0.6 is 15.9 Å². The van der Waals surface area contributed by atoms with Crippen molar-refractivity contribution in [1.82, 2.24) is 4.98 Å². The Morgan fingerprint density at radius 2 is 2.13 bits per heavy atom. The van der Waals surface area contributed by atoms with Gasteiger partial charge in [0.25, 0.3) is 0 Å². The summed E-state index contributed by atoms with van der Waals surface area (Å²) in [6.45, 7) is 0. The minimum Gasteiger partial charge on any atom is -0.440 e. The predicted molar refractivity (Wildman–Crippen MR) is 61.2 cm³/mol. The summed E-state index contributed by atoms with van der Waals surface area (Å²) in [5.41, 5.74) is 1.99. The molecule has 3 aromatic rings. The van der Waals surface area contributed by atoms with E-state index in [1.165, 1.54) is 0 Å². The van der Waals surface area contributed by atoms with Gasteiger partial charge in [-0.3, -0.25) is 4.79 Å². The van der Waals surface area contributed by atoms with Gasteiger partial charge in [-0.15, -0.1) is 0 Å². The van der Waals surface area contributed by atoms with E-state index in [0.29, 0.717) is 11.4 Å². The van der Waals surface area contributed by atoms with Crippen LogP contribution in [0.25, 0.3) is 22.1 Å². The van der Waals surface area contributed by atoms with E-state index >= 15 is 0 Å². The van der Waals surface area contributed by atoms with Crippen LogP contribution in [0, 0.1) is 0 Å². The van der Waals surface area contributed by atoms with E-state index in [2.05, 4.69) is 20.9 Å². The molecular weight excluding hydrogens is 258 g/mol. The average Bonchev–Trinajstić information content (AvgIpc) is 2.73. The van der Waals surface area contributed by atoms with E-state index in [4.69, 9.17) is 4.42 Å². The first-order chi connectivity index (χ1) is 7.28. The highest BCUT2D eigenvalue weighted by atomic mass is 79.9. The molecule has 0 amide bonds. The number of fused-ring (bicyclic) bond motifs is 3. The minimum absolute atomic E-state index is 0.536. The summed E-state index contributed by atoms with van der Waals surface area (Å²) in [6, 6.07) is 7.62. The zero-order valence-electron chi connectivity index (χ0n) is 7.58. The molecule has 0 radical (unpaired) electrons. The van der Waals surface area contributed by atoms with Crippen LogP contribution in [0.15, 0.2) is 33.2 Å². The van der Waals surface area contributed by atoms with Crippen molar-refractivity contribution in [2.24, 2.45) is 0 Å². The maximum absolute atomic E-state index is 10.6. The van der Waals surface area contributed by atoms with Gasteiger partial charge in [0, 0.05) is 15.2 Å². The Balaban J connectivity index is 2.45. The van der Waals surface area contributed by atoms with Gasteiger partial charge in [0.2, 0.25) is 5.71 Å². The maximum Gasteiger partial charge on any atom is 0.206 e. The molecule has 2 heterocycles. The molecular formula is C11H6BrNO2. The molecule has 0 saturated heterocycles. The molecule has 0 fully saturated rings. The number of aldehydes is 1. The third-order valence-corrected chi connectivity index (χ3v) is 2.87. The highest BCUT2D eigenvalue weighted by Crippen LogP contribution is 2.30. The van der Waals surface area contributed by atoms with Crippen molar-refractivity contribution in [3.8, 4) is 0 Å². The Morgan fingerprint density at radius 1 is 1.27 bits per heavy atom. The number of carbonyl (C=O) groups excluding carboxylic acids is 1. The topological polar surface area (TPSA) is 46.0 Å². The lowest BCUT2D eigenvalue weighted by molar-refractivity contribution is 0.111. The molecule has 0 saturated carbocycles. The van der Waals surface area contributed by atoms with Crippen LogP contribution in [-0.2, 0) is 0 Å². The van der Waals surface area contributed by atoms with Crippen LogP contribution in [0.2, 0.25) is 0 Å². The SMILES string of the molecule is O=Cc1cc2c([nH]1)oc1cc(Br)ccc12. The Hall–Kier alpha value is -1.55. The smallest absolute Gasteiger partial charge is 0.206 e. The first-order valence-corrected chi connectivity index (χ1v) is 5.23. The second kappa shape index (κ2) is 2.97. The Morgan fingerprint density at radius 3 is 2.93 bits per heavy atom. The first kappa shape index (κ1) is 8.73.